The smallest absolute Gasteiger partial charge is 0.269 e. The molecule has 2 aromatic carbocycles. The van der Waals surface area contributed by atoms with Gasteiger partial charge in [0.25, 0.3) is 11.8 Å². The number of carbonyl (C=O) groups excluding carboxylic acids is 2. The first-order valence-electron chi connectivity index (χ1n) is 6.55. The molecule has 22 heavy (non-hydrogen) atoms. The highest BCUT2D eigenvalue weighted by Gasteiger charge is 2.36. The van der Waals surface area contributed by atoms with E-state index in [9.17, 15) is 18.0 Å². The van der Waals surface area contributed by atoms with Gasteiger partial charge in [0, 0.05) is 11.1 Å². The molecule has 0 fully saturated rings. The first kappa shape index (κ1) is 14.2. The molecule has 0 aliphatic carbocycles. The maximum Gasteiger partial charge on any atom is 0.277 e. The standard InChI is InChI=1S/C16H11NO4S/c18-15-13-9-5-4-8-12(13)14(22(20)21)16(19)17(15)10-11-6-2-1-3-7-11/h1-9H,10H2. The maximum absolute atomic E-state index is 12.5. The van der Waals surface area contributed by atoms with Crippen molar-refractivity contribution in [3.63, 3.8) is 0 Å². The minimum atomic E-state index is -2.71. The van der Waals surface area contributed by atoms with Crippen molar-refractivity contribution in [1.82, 2.24) is 4.90 Å². The lowest BCUT2D eigenvalue weighted by Crippen LogP contribution is -2.46. The van der Waals surface area contributed by atoms with Crippen molar-refractivity contribution >= 4 is 27.0 Å². The van der Waals surface area contributed by atoms with E-state index in [0.29, 0.717) is 0 Å². The zero-order valence-electron chi connectivity index (χ0n) is 11.4. The van der Waals surface area contributed by atoms with E-state index < -0.39 is 22.1 Å². The Morgan fingerprint density at radius 2 is 1.36 bits per heavy atom. The monoisotopic (exact) mass is 313 g/mol. The molecule has 3 rings (SSSR count). The molecule has 0 aromatic heterocycles. The van der Waals surface area contributed by atoms with Crippen molar-refractivity contribution in [2.24, 2.45) is 0 Å². The van der Waals surface area contributed by atoms with Crippen LogP contribution in [0.25, 0.3) is 0 Å². The summed E-state index contributed by atoms with van der Waals surface area (Å²) in [6.45, 7) is 0.0353. The summed E-state index contributed by atoms with van der Waals surface area (Å²) in [5, 5.41) is 0. The van der Waals surface area contributed by atoms with Crippen molar-refractivity contribution in [3.05, 3.63) is 71.3 Å². The van der Waals surface area contributed by atoms with E-state index in [0.717, 1.165) is 10.5 Å². The van der Waals surface area contributed by atoms with Gasteiger partial charge in [-0.3, -0.25) is 14.5 Å². The van der Waals surface area contributed by atoms with Gasteiger partial charge in [0.2, 0.25) is 10.3 Å². The molecule has 6 heteroatoms. The fourth-order valence-corrected chi connectivity index (χ4v) is 3.02. The Morgan fingerprint density at radius 3 is 2.00 bits per heavy atom. The van der Waals surface area contributed by atoms with Crippen LogP contribution in [0.4, 0.5) is 0 Å². The Kier molecular flexibility index (Phi) is 3.60. The molecule has 1 heterocycles. The van der Waals surface area contributed by atoms with E-state index in [-0.39, 0.29) is 22.5 Å². The fourth-order valence-electron chi connectivity index (χ4n) is 2.41. The summed E-state index contributed by atoms with van der Waals surface area (Å²) in [6.07, 6.45) is 0. The summed E-state index contributed by atoms with van der Waals surface area (Å²) in [5.41, 5.74) is 1.13. The number of carbonyl (C=O) groups is 2. The number of nitrogens with zero attached hydrogens (tertiary/aromatic N) is 1. The quantitative estimate of drug-likeness (QED) is 0.618. The molecule has 0 saturated carbocycles. The van der Waals surface area contributed by atoms with E-state index in [1.165, 1.54) is 12.1 Å². The first-order valence-corrected chi connectivity index (χ1v) is 7.63. The van der Waals surface area contributed by atoms with Crippen LogP contribution in [-0.4, -0.2) is 30.0 Å². The van der Waals surface area contributed by atoms with Crippen LogP contribution in [0.2, 0.25) is 0 Å². The van der Waals surface area contributed by atoms with Gasteiger partial charge in [0.1, 0.15) is 0 Å². The van der Waals surface area contributed by atoms with E-state index in [2.05, 4.69) is 0 Å². The molecule has 2 amide bonds. The summed E-state index contributed by atoms with van der Waals surface area (Å²) < 4.78 is 22.9. The number of hydrogen-bond acceptors (Lipinski definition) is 4. The molecule has 0 unspecified atom stereocenters. The zero-order valence-corrected chi connectivity index (χ0v) is 12.2. The zero-order chi connectivity index (χ0) is 15.7. The molecule has 2 aromatic rings. The largest absolute Gasteiger partial charge is 0.277 e. The third kappa shape index (κ3) is 2.33. The van der Waals surface area contributed by atoms with Gasteiger partial charge in [-0.15, -0.1) is 0 Å². The minimum Gasteiger partial charge on any atom is -0.269 e. The van der Waals surface area contributed by atoms with Gasteiger partial charge in [-0.1, -0.05) is 48.5 Å². The summed E-state index contributed by atoms with van der Waals surface area (Å²) in [6, 6.07) is 15.2. The van der Waals surface area contributed by atoms with Gasteiger partial charge < -0.3 is 0 Å². The first-order chi connectivity index (χ1) is 10.6. The molecule has 0 saturated heterocycles. The summed E-state index contributed by atoms with van der Waals surface area (Å²) in [5.74, 6) is -1.28. The van der Waals surface area contributed by atoms with Crippen LogP contribution in [0.3, 0.4) is 0 Å². The van der Waals surface area contributed by atoms with Gasteiger partial charge >= 0.3 is 0 Å². The molecule has 5 nitrogen and oxygen atoms in total. The molecular formula is C16H11NO4S. The van der Waals surface area contributed by atoms with Gasteiger partial charge in [-0.2, -0.15) is 8.42 Å². The normalized spacial score (nSPS) is 14.0. The Bertz CT molecular complexity index is 893. The Hall–Kier alpha value is -2.73. The van der Waals surface area contributed by atoms with Crippen molar-refractivity contribution in [3.8, 4) is 0 Å². The number of rotatable bonds is 2. The topological polar surface area (TPSA) is 71.5 Å². The van der Waals surface area contributed by atoms with Gasteiger partial charge in [-0.05, 0) is 11.6 Å². The number of imide groups is 1. The fraction of sp³-hybridized carbons (Fsp3) is 0.0625. The van der Waals surface area contributed by atoms with Crippen LogP contribution in [0.5, 0.6) is 0 Å². The van der Waals surface area contributed by atoms with Crippen LogP contribution in [0.1, 0.15) is 21.5 Å². The predicted octanol–water partition coefficient (Wildman–Crippen LogP) is 1.27. The lowest BCUT2D eigenvalue weighted by molar-refractivity contribution is -0.122. The molecular weight excluding hydrogens is 302 g/mol. The molecule has 0 atom stereocenters. The second-order valence-corrected chi connectivity index (χ2v) is 5.67. The summed E-state index contributed by atoms with van der Waals surface area (Å²) in [7, 11) is -2.71. The molecule has 110 valence electrons. The number of fused-ring (bicyclic) bond motifs is 1. The van der Waals surface area contributed by atoms with E-state index >= 15 is 0 Å². The van der Waals surface area contributed by atoms with Gasteiger partial charge in [-0.25, -0.2) is 0 Å². The lowest BCUT2D eigenvalue weighted by Gasteiger charge is -2.26. The maximum atomic E-state index is 12.5. The lowest BCUT2D eigenvalue weighted by atomic mass is 9.98. The average Bonchev–Trinajstić information content (AvgIpc) is 2.52. The molecule has 0 radical (unpaired) electrons. The summed E-state index contributed by atoms with van der Waals surface area (Å²) in [4.78, 5) is 25.5. The Morgan fingerprint density at radius 1 is 0.773 bits per heavy atom. The highest BCUT2D eigenvalue weighted by molar-refractivity contribution is 7.75. The van der Waals surface area contributed by atoms with E-state index in [1.54, 1.807) is 36.4 Å². The minimum absolute atomic E-state index is 0.0353. The van der Waals surface area contributed by atoms with Crippen LogP contribution < -0.4 is 0 Å². The second kappa shape index (κ2) is 5.57. The summed E-state index contributed by atoms with van der Waals surface area (Å²) >= 11 is 0. The number of hydrogen-bond donors (Lipinski definition) is 0. The SMILES string of the molecule is O=C1C(=S(=O)=O)c2ccccc2C(=O)N1Cc1ccccc1. The molecule has 1 aliphatic heterocycles. The highest BCUT2D eigenvalue weighted by Crippen LogP contribution is 2.21. The van der Waals surface area contributed by atoms with Crippen molar-refractivity contribution < 1.29 is 18.0 Å². The Labute approximate surface area is 128 Å². The third-order valence-corrected chi connectivity index (χ3v) is 4.16. The van der Waals surface area contributed by atoms with Crippen LogP contribution in [0.15, 0.2) is 54.6 Å². The molecule has 0 N–H and O–H groups in total. The van der Waals surface area contributed by atoms with E-state index in [4.69, 9.17) is 0 Å². The van der Waals surface area contributed by atoms with Gasteiger partial charge in [0.05, 0.1) is 6.54 Å². The molecule has 1 aliphatic rings. The predicted molar refractivity (Wildman–Crippen MR) is 80.8 cm³/mol. The van der Waals surface area contributed by atoms with Crippen LogP contribution in [-0.2, 0) is 21.6 Å². The van der Waals surface area contributed by atoms with Crippen molar-refractivity contribution in [2.45, 2.75) is 6.54 Å². The number of benzene rings is 2. The van der Waals surface area contributed by atoms with Crippen LogP contribution >= 0.6 is 0 Å². The van der Waals surface area contributed by atoms with Gasteiger partial charge in [0.15, 0.2) is 4.86 Å². The van der Waals surface area contributed by atoms with E-state index in [1.807, 2.05) is 6.07 Å². The number of amides is 2. The van der Waals surface area contributed by atoms with Crippen LogP contribution in [0, 0.1) is 0 Å². The third-order valence-electron chi connectivity index (χ3n) is 3.44. The average molecular weight is 313 g/mol. The van der Waals surface area contributed by atoms with Crippen molar-refractivity contribution in [1.29, 1.82) is 0 Å². The van der Waals surface area contributed by atoms with Crippen molar-refractivity contribution in [2.75, 3.05) is 0 Å². The molecule has 0 spiro atoms. The highest BCUT2D eigenvalue weighted by atomic mass is 32.2. The molecule has 0 bridgehead atoms. The Balaban J connectivity index is 2.13. The second-order valence-electron chi connectivity index (χ2n) is 4.79.